The number of hydrogen-bond donors (Lipinski definition) is 2. The number of amides is 2. The van der Waals surface area contributed by atoms with Crippen molar-refractivity contribution < 1.29 is 19.5 Å². The number of likely N-dealkylation sites (N-methyl/N-ethyl adjacent to an activating group) is 1. The number of carbonyl (C=O) groups is 3. The maximum atomic E-state index is 12.1. The quantitative estimate of drug-likeness (QED) is 0.580. The van der Waals surface area contributed by atoms with E-state index >= 15 is 0 Å². The molecule has 1 aromatic carbocycles. The van der Waals surface area contributed by atoms with Crippen molar-refractivity contribution in [3.05, 3.63) is 35.4 Å². The van der Waals surface area contributed by atoms with E-state index in [1.165, 1.54) is 4.90 Å². The predicted octanol–water partition coefficient (Wildman–Crippen LogP) is 1.13. The van der Waals surface area contributed by atoms with Crippen LogP contribution < -0.4 is 5.32 Å². The van der Waals surface area contributed by atoms with Crippen LogP contribution in [0.3, 0.4) is 0 Å². The van der Waals surface area contributed by atoms with E-state index in [0.29, 0.717) is 36.9 Å². The number of unbranched alkanes of at least 4 members (excludes halogenated alkanes) is 1. The van der Waals surface area contributed by atoms with Gasteiger partial charge in [-0.05, 0) is 38.4 Å². The number of carboxylic acids is 1. The second-order valence-corrected chi connectivity index (χ2v) is 4.98. The molecule has 2 amide bonds. The molecule has 1 heterocycles. The van der Waals surface area contributed by atoms with Crippen LogP contribution in [0.1, 0.15) is 40.0 Å². The lowest BCUT2D eigenvalue weighted by molar-refractivity contribution is -0.139. The molecule has 1 aliphatic rings. The molecule has 6 nitrogen and oxygen atoms in total. The standard InChI is InChI=1S/C15H18N2O4/c1-16-12(15(20)21)8-4-5-9-17-13(18)10-6-2-3-7-11(10)14(17)19/h2-3,6-7,12,16H,4-5,8-9H2,1H3,(H,20,21)/t12-/m0/s1. The molecule has 21 heavy (non-hydrogen) atoms. The van der Waals surface area contributed by atoms with E-state index in [9.17, 15) is 14.4 Å². The zero-order valence-corrected chi connectivity index (χ0v) is 11.8. The topological polar surface area (TPSA) is 86.7 Å². The Balaban J connectivity index is 1.87. The highest BCUT2D eigenvalue weighted by molar-refractivity contribution is 6.21. The van der Waals surface area contributed by atoms with Gasteiger partial charge in [-0.1, -0.05) is 12.1 Å². The number of aliphatic carboxylic acids is 1. The minimum absolute atomic E-state index is 0.265. The third-order valence-electron chi connectivity index (χ3n) is 3.65. The number of carboxylic acid groups (broad SMARTS) is 1. The minimum atomic E-state index is -0.891. The summed E-state index contributed by atoms with van der Waals surface area (Å²) in [5.74, 6) is -1.42. The molecule has 112 valence electrons. The SMILES string of the molecule is CN[C@@H](CCCCN1C(=O)c2ccccc2C1=O)C(=O)O. The summed E-state index contributed by atoms with van der Waals surface area (Å²) in [7, 11) is 1.60. The fourth-order valence-corrected chi connectivity index (χ4v) is 2.45. The first-order chi connectivity index (χ1) is 10.1. The van der Waals surface area contributed by atoms with Crippen LogP contribution in [0.4, 0.5) is 0 Å². The zero-order valence-electron chi connectivity index (χ0n) is 11.8. The summed E-state index contributed by atoms with van der Waals surface area (Å²) < 4.78 is 0. The molecule has 2 N–H and O–H groups in total. The van der Waals surface area contributed by atoms with Gasteiger partial charge in [0.15, 0.2) is 0 Å². The monoisotopic (exact) mass is 290 g/mol. The normalized spacial score (nSPS) is 15.2. The Kier molecular flexibility index (Phi) is 4.70. The molecule has 0 fully saturated rings. The van der Waals surface area contributed by atoms with Crippen LogP contribution in [0.2, 0.25) is 0 Å². The average Bonchev–Trinajstić information content (AvgIpc) is 2.72. The number of fused-ring (bicyclic) bond motifs is 1. The van der Waals surface area contributed by atoms with Gasteiger partial charge in [0.2, 0.25) is 0 Å². The molecule has 2 rings (SSSR count). The van der Waals surface area contributed by atoms with Crippen LogP contribution in [0.25, 0.3) is 0 Å². The molecule has 0 aliphatic carbocycles. The van der Waals surface area contributed by atoms with Crippen LogP contribution in [0.5, 0.6) is 0 Å². The van der Waals surface area contributed by atoms with Gasteiger partial charge in [-0.3, -0.25) is 19.3 Å². The molecule has 1 atom stereocenters. The molecule has 0 unspecified atom stereocenters. The minimum Gasteiger partial charge on any atom is -0.480 e. The molecule has 1 aliphatic heterocycles. The van der Waals surface area contributed by atoms with E-state index in [1.807, 2.05) is 0 Å². The van der Waals surface area contributed by atoms with Gasteiger partial charge >= 0.3 is 5.97 Å². The Bertz CT molecular complexity index is 536. The molecular weight excluding hydrogens is 272 g/mol. The molecule has 0 saturated carbocycles. The Morgan fingerprint density at radius 1 is 1.19 bits per heavy atom. The number of benzene rings is 1. The van der Waals surface area contributed by atoms with Crippen molar-refractivity contribution in [3.63, 3.8) is 0 Å². The summed E-state index contributed by atoms with van der Waals surface area (Å²) in [4.78, 5) is 36.3. The number of imide groups is 1. The van der Waals surface area contributed by atoms with Gasteiger partial charge in [0.05, 0.1) is 11.1 Å². The lowest BCUT2D eigenvalue weighted by Gasteiger charge is -2.15. The average molecular weight is 290 g/mol. The summed E-state index contributed by atoms with van der Waals surface area (Å²) in [6.45, 7) is 0.322. The highest BCUT2D eigenvalue weighted by atomic mass is 16.4. The van der Waals surface area contributed by atoms with Crippen LogP contribution >= 0.6 is 0 Å². The summed E-state index contributed by atoms with van der Waals surface area (Å²) in [6, 6.07) is 6.18. The van der Waals surface area contributed by atoms with Gasteiger partial charge in [0, 0.05) is 6.54 Å². The fraction of sp³-hybridized carbons (Fsp3) is 0.400. The van der Waals surface area contributed by atoms with Crippen LogP contribution in [-0.4, -0.2) is 47.4 Å². The number of hydrogen-bond acceptors (Lipinski definition) is 4. The van der Waals surface area contributed by atoms with Crippen molar-refractivity contribution >= 4 is 17.8 Å². The molecule has 0 saturated heterocycles. The predicted molar refractivity (Wildman–Crippen MR) is 76.1 cm³/mol. The van der Waals surface area contributed by atoms with E-state index < -0.39 is 12.0 Å². The molecule has 0 aromatic heterocycles. The highest BCUT2D eigenvalue weighted by Gasteiger charge is 2.34. The number of rotatable bonds is 7. The van der Waals surface area contributed by atoms with Crippen molar-refractivity contribution in [1.82, 2.24) is 10.2 Å². The van der Waals surface area contributed by atoms with Crippen molar-refractivity contribution in [2.24, 2.45) is 0 Å². The lowest BCUT2D eigenvalue weighted by atomic mass is 10.1. The zero-order chi connectivity index (χ0) is 15.4. The second kappa shape index (κ2) is 6.49. The van der Waals surface area contributed by atoms with E-state index in [4.69, 9.17) is 5.11 Å². The lowest BCUT2D eigenvalue weighted by Crippen LogP contribution is -2.34. The Morgan fingerprint density at radius 3 is 2.24 bits per heavy atom. The van der Waals surface area contributed by atoms with Gasteiger partial charge in [-0.15, -0.1) is 0 Å². The molecule has 1 aromatic rings. The van der Waals surface area contributed by atoms with Gasteiger partial charge < -0.3 is 10.4 Å². The van der Waals surface area contributed by atoms with Gasteiger partial charge in [0.1, 0.15) is 6.04 Å². The van der Waals surface area contributed by atoms with Crippen molar-refractivity contribution in [2.45, 2.75) is 25.3 Å². The van der Waals surface area contributed by atoms with E-state index in [-0.39, 0.29) is 11.8 Å². The first-order valence-electron chi connectivity index (χ1n) is 6.91. The Hall–Kier alpha value is -2.21. The van der Waals surface area contributed by atoms with Gasteiger partial charge in [0.25, 0.3) is 11.8 Å². The van der Waals surface area contributed by atoms with E-state index in [0.717, 1.165) is 0 Å². The maximum absolute atomic E-state index is 12.1. The van der Waals surface area contributed by atoms with Crippen LogP contribution in [0.15, 0.2) is 24.3 Å². The maximum Gasteiger partial charge on any atom is 0.320 e. The van der Waals surface area contributed by atoms with Crippen molar-refractivity contribution in [1.29, 1.82) is 0 Å². The summed E-state index contributed by atoms with van der Waals surface area (Å²) in [5, 5.41) is 11.6. The van der Waals surface area contributed by atoms with Crippen LogP contribution in [0, 0.1) is 0 Å². The third kappa shape index (κ3) is 3.11. The van der Waals surface area contributed by atoms with E-state index in [2.05, 4.69) is 5.32 Å². The first-order valence-corrected chi connectivity index (χ1v) is 6.91. The number of carbonyl (C=O) groups excluding carboxylic acids is 2. The number of nitrogens with one attached hydrogen (secondary N) is 1. The fourth-order valence-electron chi connectivity index (χ4n) is 2.45. The Morgan fingerprint density at radius 2 is 1.76 bits per heavy atom. The van der Waals surface area contributed by atoms with Gasteiger partial charge in [-0.25, -0.2) is 0 Å². The van der Waals surface area contributed by atoms with Crippen molar-refractivity contribution in [3.8, 4) is 0 Å². The summed E-state index contributed by atoms with van der Waals surface area (Å²) in [6.07, 6.45) is 1.69. The molecule has 0 bridgehead atoms. The van der Waals surface area contributed by atoms with Gasteiger partial charge in [-0.2, -0.15) is 0 Å². The Labute approximate surface area is 122 Å². The largest absolute Gasteiger partial charge is 0.480 e. The highest BCUT2D eigenvalue weighted by Crippen LogP contribution is 2.22. The third-order valence-corrected chi connectivity index (χ3v) is 3.65. The summed E-state index contributed by atoms with van der Waals surface area (Å²) in [5.41, 5.74) is 0.891. The van der Waals surface area contributed by atoms with E-state index in [1.54, 1.807) is 31.3 Å². The van der Waals surface area contributed by atoms with Crippen LogP contribution in [-0.2, 0) is 4.79 Å². The molecule has 0 spiro atoms. The molecule has 6 heteroatoms. The number of nitrogens with zero attached hydrogens (tertiary/aromatic N) is 1. The summed E-state index contributed by atoms with van der Waals surface area (Å²) >= 11 is 0. The second-order valence-electron chi connectivity index (χ2n) is 4.98. The smallest absolute Gasteiger partial charge is 0.320 e. The molecular formula is C15H18N2O4. The molecule has 0 radical (unpaired) electrons. The van der Waals surface area contributed by atoms with Crippen molar-refractivity contribution in [2.75, 3.05) is 13.6 Å². The first kappa shape index (κ1) is 15.2.